The number of furan rings is 1. The monoisotopic (exact) mass is 422 g/mol. The topological polar surface area (TPSA) is 38.9 Å². The predicted octanol–water partition coefficient (Wildman–Crippen LogP) is 8.02. The third-order valence-electron chi connectivity index (χ3n) is 6.28. The van der Waals surface area contributed by atoms with E-state index >= 15 is 0 Å². The van der Waals surface area contributed by atoms with E-state index in [-0.39, 0.29) is 0 Å². The molecule has 0 atom stereocenters. The molecule has 0 unspecified atom stereocenters. The number of aromatic nitrogens is 2. The van der Waals surface area contributed by atoms with Crippen LogP contribution in [0.5, 0.6) is 0 Å². The molecule has 0 spiro atoms. The van der Waals surface area contributed by atoms with Crippen molar-refractivity contribution >= 4 is 43.6 Å². The first-order valence-corrected chi connectivity index (χ1v) is 11.0. The third-order valence-corrected chi connectivity index (χ3v) is 6.28. The quantitative estimate of drug-likeness (QED) is 0.283. The van der Waals surface area contributed by atoms with Gasteiger partial charge < -0.3 is 4.42 Å². The summed E-state index contributed by atoms with van der Waals surface area (Å²) < 4.78 is 6.37. The second kappa shape index (κ2) is 7.01. The molecule has 3 nitrogen and oxygen atoms in total. The second-order valence-corrected chi connectivity index (χ2v) is 8.22. The number of nitrogens with zero attached hydrogens (tertiary/aromatic N) is 2. The van der Waals surface area contributed by atoms with Gasteiger partial charge in [0, 0.05) is 32.7 Å². The Bertz CT molecular complexity index is 1820. The first-order valence-electron chi connectivity index (χ1n) is 11.0. The summed E-state index contributed by atoms with van der Waals surface area (Å²) in [6.07, 6.45) is 0. The van der Waals surface area contributed by atoms with Gasteiger partial charge in [0.25, 0.3) is 0 Å². The second-order valence-electron chi connectivity index (χ2n) is 8.22. The number of hydrogen-bond donors (Lipinski definition) is 0. The normalized spacial score (nSPS) is 11.6. The lowest BCUT2D eigenvalue weighted by Gasteiger charge is -2.11. The minimum atomic E-state index is 0.700. The van der Waals surface area contributed by atoms with Gasteiger partial charge in [0.05, 0.1) is 11.2 Å². The smallest absolute Gasteiger partial charge is 0.161 e. The van der Waals surface area contributed by atoms with Crippen LogP contribution in [-0.4, -0.2) is 9.97 Å². The molecule has 0 aliphatic carbocycles. The van der Waals surface area contributed by atoms with Gasteiger partial charge in [-0.2, -0.15) is 0 Å². The van der Waals surface area contributed by atoms with Crippen molar-refractivity contribution in [1.29, 1.82) is 0 Å². The molecule has 0 bridgehead atoms. The van der Waals surface area contributed by atoms with E-state index in [1.54, 1.807) is 0 Å². The molecule has 5 aromatic carbocycles. The zero-order valence-corrected chi connectivity index (χ0v) is 17.7. The number of benzene rings is 5. The molecule has 7 rings (SSSR count). The summed E-state index contributed by atoms with van der Waals surface area (Å²) in [5, 5.41) is 5.42. The van der Waals surface area contributed by atoms with Crippen LogP contribution in [-0.2, 0) is 0 Å². The highest BCUT2D eigenvalue weighted by Crippen LogP contribution is 2.39. The maximum Gasteiger partial charge on any atom is 0.161 e. The summed E-state index contributed by atoms with van der Waals surface area (Å²) in [5.41, 5.74) is 5.67. The SMILES string of the molecule is c1ccc(-c2nc(-c3cccc4ccc5c6ccccc6oc5c34)nc3ccccc23)cc1. The van der Waals surface area contributed by atoms with Crippen molar-refractivity contribution < 1.29 is 4.42 Å². The molecule has 0 aliphatic rings. The van der Waals surface area contributed by atoms with Gasteiger partial charge in [-0.05, 0) is 23.6 Å². The number of rotatable bonds is 2. The standard InChI is InChI=1S/C30H18N2O/c1-2-9-20(10-3-1)28-23-13-4-6-15-25(23)31-30(32-28)24-14-8-11-19-17-18-22-21-12-5-7-16-26(21)33-29(22)27(19)24/h1-18H. The van der Waals surface area contributed by atoms with E-state index in [1.807, 2.05) is 48.5 Å². The predicted molar refractivity (Wildman–Crippen MR) is 135 cm³/mol. The lowest BCUT2D eigenvalue weighted by molar-refractivity contribution is 0.673. The van der Waals surface area contributed by atoms with E-state index in [0.717, 1.165) is 60.4 Å². The summed E-state index contributed by atoms with van der Waals surface area (Å²) in [7, 11) is 0. The summed E-state index contributed by atoms with van der Waals surface area (Å²) in [6, 6.07) is 37.2. The molecule has 0 saturated carbocycles. The fraction of sp³-hybridized carbons (Fsp3) is 0. The van der Waals surface area contributed by atoms with Crippen molar-refractivity contribution in [2.45, 2.75) is 0 Å². The van der Waals surface area contributed by atoms with Crippen molar-refractivity contribution in [2.75, 3.05) is 0 Å². The van der Waals surface area contributed by atoms with Gasteiger partial charge in [0.2, 0.25) is 0 Å². The van der Waals surface area contributed by atoms with E-state index in [2.05, 4.69) is 60.7 Å². The Morgan fingerprint density at radius 2 is 1.33 bits per heavy atom. The van der Waals surface area contributed by atoms with E-state index in [0.29, 0.717) is 5.82 Å². The van der Waals surface area contributed by atoms with Crippen molar-refractivity contribution in [3.05, 3.63) is 109 Å². The summed E-state index contributed by atoms with van der Waals surface area (Å²) in [5.74, 6) is 0.700. The molecule has 0 radical (unpaired) electrons. The molecule has 2 heterocycles. The van der Waals surface area contributed by atoms with Gasteiger partial charge in [-0.15, -0.1) is 0 Å². The van der Waals surface area contributed by atoms with Gasteiger partial charge in [-0.3, -0.25) is 0 Å². The van der Waals surface area contributed by atoms with E-state index < -0.39 is 0 Å². The highest BCUT2D eigenvalue weighted by Gasteiger charge is 2.17. The Morgan fingerprint density at radius 1 is 0.545 bits per heavy atom. The zero-order valence-electron chi connectivity index (χ0n) is 17.7. The Morgan fingerprint density at radius 3 is 2.24 bits per heavy atom. The molecule has 0 N–H and O–H groups in total. The van der Waals surface area contributed by atoms with Gasteiger partial charge in [0.1, 0.15) is 11.2 Å². The zero-order chi connectivity index (χ0) is 21.8. The molecule has 0 saturated heterocycles. The Labute approximate surface area is 190 Å². The first kappa shape index (κ1) is 18.1. The number of para-hydroxylation sites is 2. The molecule has 154 valence electrons. The van der Waals surface area contributed by atoms with Crippen LogP contribution in [0.25, 0.3) is 66.3 Å². The first-order chi connectivity index (χ1) is 16.4. The fourth-order valence-electron chi connectivity index (χ4n) is 4.75. The molecule has 2 aromatic heterocycles. The molecular formula is C30H18N2O. The van der Waals surface area contributed by atoms with Crippen molar-refractivity contribution in [3.8, 4) is 22.6 Å². The van der Waals surface area contributed by atoms with Gasteiger partial charge >= 0.3 is 0 Å². The van der Waals surface area contributed by atoms with Crippen LogP contribution in [0.3, 0.4) is 0 Å². The molecule has 33 heavy (non-hydrogen) atoms. The van der Waals surface area contributed by atoms with Gasteiger partial charge in [-0.25, -0.2) is 9.97 Å². The number of hydrogen-bond acceptors (Lipinski definition) is 3. The fourth-order valence-corrected chi connectivity index (χ4v) is 4.75. The summed E-state index contributed by atoms with van der Waals surface area (Å²) >= 11 is 0. The third kappa shape index (κ3) is 2.76. The maximum atomic E-state index is 6.37. The lowest BCUT2D eigenvalue weighted by Crippen LogP contribution is -1.95. The molecule has 0 amide bonds. The summed E-state index contributed by atoms with van der Waals surface area (Å²) in [6.45, 7) is 0. The van der Waals surface area contributed by atoms with Crippen LogP contribution < -0.4 is 0 Å². The van der Waals surface area contributed by atoms with Crippen LogP contribution in [0.2, 0.25) is 0 Å². The number of fused-ring (bicyclic) bond motifs is 6. The average molecular weight is 422 g/mol. The molecule has 0 aliphatic heterocycles. The Balaban J connectivity index is 1.60. The van der Waals surface area contributed by atoms with E-state index in [1.165, 1.54) is 0 Å². The van der Waals surface area contributed by atoms with Crippen LogP contribution in [0.4, 0.5) is 0 Å². The van der Waals surface area contributed by atoms with E-state index in [4.69, 9.17) is 14.4 Å². The van der Waals surface area contributed by atoms with Crippen LogP contribution in [0, 0.1) is 0 Å². The summed E-state index contributed by atoms with van der Waals surface area (Å²) in [4.78, 5) is 10.1. The maximum absolute atomic E-state index is 6.37. The molecule has 0 fully saturated rings. The lowest BCUT2D eigenvalue weighted by atomic mass is 10.00. The van der Waals surface area contributed by atoms with Crippen LogP contribution in [0.1, 0.15) is 0 Å². The minimum Gasteiger partial charge on any atom is -0.455 e. The highest BCUT2D eigenvalue weighted by molar-refractivity contribution is 6.18. The molecule has 3 heteroatoms. The Kier molecular flexibility index (Phi) is 3.84. The van der Waals surface area contributed by atoms with E-state index in [9.17, 15) is 0 Å². The van der Waals surface area contributed by atoms with Crippen molar-refractivity contribution in [3.63, 3.8) is 0 Å². The largest absolute Gasteiger partial charge is 0.455 e. The van der Waals surface area contributed by atoms with Gasteiger partial charge in [-0.1, -0.05) is 91.0 Å². The minimum absolute atomic E-state index is 0.700. The van der Waals surface area contributed by atoms with Gasteiger partial charge in [0.15, 0.2) is 5.82 Å². The Hall–Kier alpha value is -4.50. The highest BCUT2D eigenvalue weighted by atomic mass is 16.3. The molecular weight excluding hydrogens is 404 g/mol. The van der Waals surface area contributed by atoms with Crippen molar-refractivity contribution in [1.82, 2.24) is 9.97 Å². The molecule has 7 aromatic rings. The van der Waals surface area contributed by atoms with Crippen LogP contribution >= 0.6 is 0 Å². The van der Waals surface area contributed by atoms with Crippen LogP contribution in [0.15, 0.2) is 114 Å². The van der Waals surface area contributed by atoms with Crippen molar-refractivity contribution in [2.24, 2.45) is 0 Å². The average Bonchev–Trinajstić information content (AvgIpc) is 3.27.